The fraction of sp³-hybridized carbons (Fsp3) is 0.522. The Morgan fingerprint density at radius 2 is 2.00 bits per heavy atom. The van der Waals surface area contributed by atoms with Crippen LogP contribution < -0.4 is 10.6 Å². The number of ether oxygens (including phenoxy) is 1. The number of likely N-dealkylation sites (tertiary alicyclic amines) is 1. The van der Waals surface area contributed by atoms with Gasteiger partial charge in [-0.15, -0.1) is 0 Å². The molecule has 2 aromatic rings. The summed E-state index contributed by atoms with van der Waals surface area (Å²) in [6.07, 6.45) is 4.77. The number of aliphatic imine (C=N–C) groups is 1. The molecule has 0 saturated carbocycles. The van der Waals surface area contributed by atoms with Gasteiger partial charge in [0, 0.05) is 45.2 Å². The number of guanidine groups is 1. The Labute approximate surface area is 174 Å². The Morgan fingerprint density at radius 3 is 2.69 bits per heavy atom. The summed E-state index contributed by atoms with van der Waals surface area (Å²) in [6.45, 7) is 6.54. The number of piperidine rings is 1. The van der Waals surface area contributed by atoms with Crippen LogP contribution in [-0.4, -0.2) is 56.8 Å². The van der Waals surface area contributed by atoms with E-state index in [1.54, 1.807) is 13.4 Å². The molecule has 6 nitrogen and oxygen atoms in total. The first-order valence-electron chi connectivity index (χ1n) is 10.6. The van der Waals surface area contributed by atoms with Crippen molar-refractivity contribution in [2.75, 3.05) is 39.9 Å². The predicted octanol–water partition coefficient (Wildman–Crippen LogP) is 3.23. The van der Waals surface area contributed by atoms with Crippen molar-refractivity contribution in [3.8, 4) is 0 Å². The van der Waals surface area contributed by atoms with Gasteiger partial charge in [-0.2, -0.15) is 0 Å². The Hall–Kier alpha value is -2.31. The summed E-state index contributed by atoms with van der Waals surface area (Å²) < 4.78 is 10.6. The molecule has 0 bridgehead atoms. The van der Waals surface area contributed by atoms with Crippen LogP contribution in [0.15, 0.2) is 58.1 Å². The lowest BCUT2D eigenvalue weighted by molar-refractivity contribution is 0.158. The number of methoxy groups -OCH3 is 1. The summed E-state index contributed by atoms with van der Waals surface area (Å²) in [5.74, 6) is 1.85. The van der Waals surface area contributed by atoms with Crippen molar-refractivity contribution >= 4 is 5.96 Å². The van der Waals surface area contributed by atoms with E-state index in [2.05, 4.69) is 57.8 Å². The molecule has 2 N–H and O–H groups in total. The van der Waals surface area contributed by atoms with Crippen LogP contribution in [0.5, 0.6) is 0 Å². The highest BCUT2D eigenvalue weighted by Gasteiger charge is 2.24. The Morgan fingerprint density at radius 1 is 1.21 bits per heavy atom. The highest BCUT2D eigenvalue weighted by atomic mass is 16.5. The average molecular weight is 399 g/mol. The molecule has 0 aliphatic carbocycles. The van der Waals surface area contributed by atoms with E-state index < -0.39 is 0 Å². The molecule has 1 fully saturated rings. The molecule has 1 unspecified atom stereocenters. The highest BCUT2D eigenvalue weighted by molar-refractivity contribution is 5.80. The maximum atomic E-state index is 5.41. The Balaban J connectivity index is 1.47. The molecule has 1 saturated heterocycles. The van der Waals surface area contributed by atoms with Gasteiger partial charge in [0.2, 0.25) is 0 Å². The van der Waals surface area contributed by atoms with E-state index in [1.807, 2.05) is 12.1 Å². The summed E-state index contributed by atoms with van der Waals surface area (Å²) in [6, 6.07) is 15.6. The maximum Gasteiger partial charge on any atom is 0.191 e. The summed E-state index contributed by atoms with van der Waals surface area (Å²) >= 11 is 0. The van der Waals surface area contributed by atoms with Crippen molar-refractivity contribution < 1.29 is 9.15 Å². The molecule has 1 aromatic carbocycles. The lowest BCUT2D eigenvalue weighted by Crippen LogP contribution is -2.49. The van der Waals surface area contributed by atoms with Gasteiger partial charge >= 0.3 is 0 Å². The lowest BCUT2D eigenvalue weighted by Gasteiger charge is -2.37. The number of furan rings is 1. The molecule has 2 heterocycles. The van der Waals surface area contributed by atoms with Crippen molar-refractivity contribution in [2.24, 2.45) is 4.99 Å². The zero-order valence-corrected chi connectivity index (χ0v) is 17.6. The molecule has 0 amide bonds. The number of benzene rings is 1. The summed E-state index contributed by atoms with van der Waals surface area (Å²) in [5, 5.41) is 7.05. The van der Waals surface area contributed by atoms with E-state index >= 15 is 0 Å². The third kappa shape index (κ3) is 6.91. The van der Waals surface area contributed by atoms with Crippen LogP contribution in [0.25, 0.3) is 0 Å². The van der Waals surface area contributed by atoms with Crippen molar-refractivity contribution in [1.82, 2.24) is 15.5 Å². The molecule has 1 atom stereocenters. The van der Waals surface area contributed by atoms with Crippen LogP contribution in [-0.2, 0) is 11.2 Å². The smallest absolute Gasteiger partial charge is 0.191 e. The molecule has 158 valence electrons. The highest BCUT2D eigenvalue weighted by Crippen LogP contribution is 2.23. The Kier molecular flexibility index (Phi) is 8.58. The number of nitrogens with zero attached hydrogens (tertiary/aromatic N) is 2. The molecule has 6 heteroatoms. The van der Waals surface area contributed by atoms with Gasteiger partial charge in [-0.3, -0.25) is 9.89 Å². The largest absolute Gasteiger partial charge is 0.469 e. The van der Waals surface area contributed by atoms with Gasteiger partial charge in [0.1, 0.15) is 5.76 Å². The lowest BCUT2D eigenvalue weighted by atomic mass is 10.0. The number of hydrogen-bond donors (Lipinski definition) is 2. The Bertz CT molecular complexity index is 710. The minimum absolute atomic E-state index is 0.437. The predicted molar refractivity (Wildman–Crippen MR) is 117 cm³/mol. The molecule has 3 rings (SSSR count). The van der Waals surface area contributed by atoms with Crippen LogP contribution in [0.1, 0.15) is 37.1 Å². The molecule has 29 heavy (non-hydrogen) atoms. The van der Waals surface area contributed by atoms with Crippen LogP contribution in [0, 0.1) is 0 Å². The van der Waals surface area contributed by atoms with E-state index in [-0.39, 0.29) is 0 Å². The molecule has 1 aromatic heterocycles. The zero-order chi connectivity index (χ0) is 20.3. The van der Waals surface area contributed by atoms with Crippen LogP contribution in [0.3, 0.4) is 0 Å². The maximum absolute atomic E-state index is 5.41. The van der Waals surface area contributed by atoms with Crippen molar-refractivity contribution in [3.63, 3.8) is 0 Å². The minimum Gasteiger partial charge on any atom is -0.469 e. The average Bonchev–Trinajstić information content (AvgIpc) is 3.28. The first-order valence-corrected chi connectivity index (χ1v) is 10.6. The molecule has 1 aliphatic rings. The zero-order valence-electron chi connectivity index (χ0n) is 17.6. The summed E-state index contributed by atoms with van der Waals surface area (Å²) in [5.41, 5.74) is 1.39. The van der Waals surface area contributed by atoms with E-state index in [0.29, 0.717) is 25.2 Å². The van der Waals surface area contributed by atoms with E-state index in [0.717, 1.165) is 50.6 Å². The molecule has 0 spiro atoms. The summed E-state index contributed by atoms with van der Waals surface area (Å²) in [4.78, 5) is 7.22. The second-order valence-corrected chi connectivity index (χ2v) is 7.52. The van der Waals surface area contributed by atoms with E-state index in [1.165, 1.54) is 5.56 Å². The topological polar surface area (TPSA) is 62.0 Å². The molecule has 0 radical (unpaired) electrons. The van der Waals surface area contributed by atoms with Gasteiger partial charge < -0.3 is 19.8 Å². The third-order valence-corrected chi connectivity index (χ3v) is 5.51. The number of nitrogens with one attached hydrogen (secondary N) is 2. The second-order valence-electron chi connectivity index (χ2n) is 7.52. The van der Waals surface area contributed by atoms with E-state index in [9.17, 15) is 0 Å². The normalized spacial score (nSPS) is 17.2. The quantitative estimate of drug-likeness (QED) is 0.386. The first-order chi connectivity index (χ1) is 14.3. The van der Waals surface area contributed by atoms with Gasteiger partial charge in [0.25, 0.3) is 0 Å². The van der Waals surface area contributed by atoms with Gasteiger partial charge in [-0.25, -0.2) is 0 Å². The fourth-order valence-electron chi connectivity index (χ4n) is 3.73. The fourth-order valence-corrected chi connectivity index (χ4v) is 3.73. The molecular formula is C23H34N4O2. The van der Waals surface area contributed by atoms with E-state index in [4.69, 9.17) is 9.15 Å². The first kappa shape index (κ1) is 21.4. The van der Waals surface area contributed by atoms with Crippen molar-refractivity contribution in [2.45, 2.75) is 38.3 Å². The van der Waals surface area contributed by atoms with Crippen LogP contribution in [0.4, 0.5) is 0 Å². The van der Waals surface area contributed by atoms with Crippen molar-refractivity contribution in [3.05, 3.63) is 60.1 Å². The van der Waals surface area contributed by atoms with Gasteiger partial charge in [0.05, 0.1) is 19.4 Å². The second kappa shape index (κ2) is 11.6. The number of rotatable bonds is 9. The molecule has 1 aliphatic heterocycles. The summed E-state index contributed by atoms with van der Waals surface area (Å²) in [7, 11) is 1.70. The third-order valence-electron chi connectivity index (χ3n) is 5.51. The SMILES string of the molecule is COCCN=C(NCCc1ccco1)NC1CCN(C(C)c2ccccc2)CC1. The van der Waals surface area contributed by atoms with Gasteiger partial charge in [0.15, 0.2) is 5.96 Å². The standard InChI is InChI=1S/C23H34N4O2/c1-19(20-7-4-3-5-8-20)27-15-11-21(12-16-27)26-23(25-14-18-28-2)24-13-10-22-9-6-17-29-22/h3-9,17,19,21H,10-16,18H2,1-2H3,(H2,24,25,26). The van der Waals surface area contributed by atoms with Gasteiger partial charge in [-0.05, 0) is 37.5 Å². The van der Waals surface area contributed by atoms with Gasteiger partial charge in [-0.1, -0.05) is 30.3 Å². The van der Waals surface area contributed by atoms with Crippen LogP contribution >= 0.6 is 0 Å². The molecular weight excluding hydrogens is 364 g/mol. The van der Waals surface area contributed by atoms with Crippen molar-refractivity contribution in [1.29, 1.82) is 0 Å². The number of hydrogen-bond acceptors (Lipinski definition) is 4. The monoisotopic (exact) mass is 398 g/mol. The van der Waals surface area contributed by atoms with Crippen LogP contribution in [0.2, 0.25) is 0 Å². The minimum atomic E-state index is 0.437.